The Labute approximate surface area is 165 Å². The van der Waals surface area contributed by atoms with E-state index in [-0.39, 0.29) is 5.91 Å². The van der Waals surface area contributed by atoms with Crippen molar-refractivity contribution in [3.05, 3.63) is 77.5 Å². The molecule has 0 spiro atoms. The predicted octanol–water partition coefficient (Wildman–Crippen LogP) is 4.07. The van der Waals surface area contributed by atoms with Gasteiger partial charge in [0.2, 0.25) is 0 Å². The molecule has 6 nitrogen and oxygen atoms in total. The van der Waals surface area contributed by atoms with Gasteiger partial charge in [-0.1, -0.05) is 30.3 Å². The molecule has 28 heavy (non-hydrogen) atoms. The van der Waals surface area contributed by atoms with Gasteiger partial charge in [0.15, 0.2) is 5.69 Å². The minimum absolute atomic E-state index is 0.170. The lowest BCUT2D eigenvalue weighted by Gasteiger charge is -2.21. The predicted molar refractivity (Wildman–Crippen MR) is 111 cm³/mol. The Morgan fingerprint density at radius 3 is 2.57 bits per heavy atom. The Morgan fingerprint density at radius 2 is 1.89 bits per heavy atom. The van der Waals surface area contributed by atoms with Crippen LogP contribution in [-0.2, 0) is 6.54 Å². The average molecular weight is 376 g/mol. The number of para-hydroxylation sites is 1. The molecular formula is C22H24N4O2. The Bertz CT molecular complexity index is 941. The molecule has 0 saturated carbocycles. The van der Waals surface area contributed by atoms with Gasteiger partial charge in [-0.25, -0.2) is 0 Å². The van der Waals surface area contributed by atoms with Crippen LogP contribution in [0.25, 0.3) is 0 Å². The van der Waals surface area contributed by atoms with E-state index in [1.54, 1.807) is 24.1 Å². The van der Waals surface area contributed by atoms with Crippen LogP contribution in [0.3, 0.4) is 0 Å². The van der Waals surface area contributed by atoms with E-state index in [1.165, 1.54) is 0 Å². The number of carbonyl (C=O) groups excluding carboxylic acids is 1. The summed E-state index contributed by atoms with van der Waals surface area (Å²) in [6, 6.07) is 19.1. The van der Waals surface area contributed by atoms with Gasteiger partial charge in [-0.05, 0) is 49.7 Å². The maximum Gasteiger partial charge on any atom is 0.278 e. The average Bonchev–Trinajstić information content (AvgIpc) is 2.73. The highest BCUT2D eigenvalue weighted by molar-refractivity contribution is 6.04. The molecule has 1 heterocycles. The second-order valence-electron chi connectivity index (χ2n) is 6.36. The van der Waals surface area contributed by atoms with E-state index in [9.17, 15) is 4.79 Å². The number of rotatable bonds is 7. The van der Waals surface area contributed by atoms with Crippen LogP contribution < -0.4 is 15.0 Å². The zero-order valence-electron chi connectivity index (χ0n) is 16.3. The summed E-state index contributed by atoms with van der Waals surface area (Å²) in [4.78, 5) is 14.5. The highest BCUT2D eigenvalue weighted by atomic mass is 16.5. The zero-order valence-corrected chi connectivity index (χ0v) is 16.3. The van der Waals surface area contributed by atoms with Crippen molar-refractivity contribution >= 4 is 17.4 Å². The number of aryl methyl sites for hydroxylation is 1. The SMILES string of the molecule is CCN(C(=O)c1ccc(NCc2ccccc2OC)nn1)c1cccc(C)c1. The molecule has 0 radical (unpaired) electrons. The molecular weight excluding hydrogens is 352 g/mol. The van der Waals surface area contributed by atoms with Crippen LogP contribution in [0.5, 0.6) is 5.75 Å². The van der Waals surface area contributed by atoms with E-state index in [4.69, 9.17) is 4.74 Å². The second-order valence-corrected chi connectivity index (χ2v) is 6.36. The molecule has 0 bridgehead atoms. The number of ether oxygens (including phenoxy) is 1. The minimum atomic E-state index is -0.170. The van der Waals surface area contributed by atoms with Crippen LogP contribution >= 0.6 is 0 Å². The van der Waals surface area contributed by atoms with E-state index in [1.807, 2.05) is 62.4 Å². The van der Waals surface area contributed by atoms with Crippen molar-refractivity contribution in [2.75, 3.05) is 23.9 Å². The molecule has 3 aromatic rings. The number of nitrogens with zero attached hydrogens (tertiary/aromatic N) is 3. The number of carbonyl (C=O) groups is 1. The molecule has 144 valence electrons. The Balaban J connectivity index is 1.70. The summed E-state index contributed by atoms with van der Waals surface area (Å²) in [7, 11) is 1.65. The van der Waals surface area contributed by atoms with Gasteiger partial charge in [0.25, 0.3) is 5.91 Å². The first-order valence-electron chi connectivity index (χ1n) is 9.20. The van der Waals surface area contributed by atoms with E-state index in [2.05, 4.69) is 15.5 Å². The number of benzene rings is 2. The molecule has 0 fully saturated rings. The smallest absolute Gasteiger partial charge is 0.278 e. The third-order valence-corrected chi connectivity index (χ3v) is 4.41. The number of aromatic nitrogens is 2. The fourth-order valence-electron chi connectivity index (χ4n) is 2.95. The van der Waals surface area contributed by atoms with Crippen molar-refractivity contribution in [1.29, 1.82) is 0 Å². The number of anilines is 2. The molecule has 1 N–H and O–H groups in total. The van der Waals surface area contributed by atoms with E-state index >= 15 is 0 Å². The first-order chi connectivity index (χ1) is 13.6. The Kier molecular flexibility index (Phi) is 6.22. The van der Waals surface area contributed by atoms with Crippen molar-refractivity contribution in [3.63, 3.8) is 0 Å². The topological polar surface area (TPSA) is 67.4 Å². The van der Waals surface area contributed by atoms with Crippen molar-refractivity contribution in [3.8, 4) is 5.75 Å². The van der Waals surface area contributed by atoms with Gasteiger partial charge >= 0.3 is 0 Å². The van der Waals surface area contributed by atoms with Gasteiger partial charge in [-0.2, -0.15) is 0 Å². The Hall–Kier alpha value is -3.41. The third kappa shape index (κ3) is 4.46. The van der Waals surface area contributed by atoms with Crippen molar-refractivity contribution in [2.45, 2.75) is 20.4 Å². The van der Waals surface area contributed by atoms with Crippen LogP contribution in [0, 0.1) is 6.92 Å². The standard InChI is InChI=1S/C22H24N4O2/c1-4-26(18-10-7-8-16(2)14-18)22(27)19-12-13-21(25-24-19)23-15-17-9-5-6-11-20(17)28-3/h5-14H,4,15H2,1-3H3,(H,23,25). The molecule has 0 atom stereocenters. The van der Waals surface area contributed by atoms with Crippen LogP contribution in [0.1, 0.15) is 28.5 Å². The maximum absolute atomic E-state index is 12.8. The molecule has 0 aliphatic carbocycles. The third-order valence-electron chi connectivity index (χ3n) is 4.41. The number of methoxy groups -OCH3 is 1. The lowest BCUT2D eigenvalue weighted by atomic mass is 10.2. The number of hydrogen-bond acceptors (Lipinski definition) is 5. The number of nitrogens with one attached hydrogen (secondary N) is 1. The molecule has 3 rings (SSSR count). The summed E-state index contributed by atoms with van der Waals surface area (Å²) in [5.74, 6) is 1.24. The van der Waals surface area contributed by atoms with Gasteiger partial charge in [-0.15, -0.1) is 10.2 Å². The van der Waals surface area contributed by atoms with Crippen LogP contribution in [0.15, 0.2) is 60.7 Å². The zero-order chi connectivity index (χ0) is 19.9. The fraction of sp³-hybridized carbons (Fsp3) is 0.227. The fourth-order valence-corrected chi connectivity index (χ4v) is 2.95. The number of hydrogen-bond donors (Lipinski definition) is 1. The van der Waals surface area contributed by atoms with E-state index < -0.39 is 0 Å². The monoisotopic (exact) mass is 376 g/mol. The van der Waals surface area contributed by atoms with Gasteiger partial charge in [0.1, 0.15) is 11.6 Å². The maximum atomic E-state index is 12.8. The largest absolute Gasteiger partial charge is 0.496 e. The molecule has 0 unspecified atom stereocenters. The first-order valence-corrected chi connectivity index (χ1v) is 9.20. The summed E-state index contributed by atoms with van der Waals surface area (Å²) < 4.78 is 5.35. The van der Waals surface area contributed by atoms with Gasteiger partial charge in [0, 0.05) is 24.3 Å². The molecule has 6 heteroatoms. The minimum Gasteiger partial charge on any atom is -0.496 e. The molecule has 1 amide bonds. The quantitative estimate of drug-likeness (QED) is 0.673. The summed E-state index contributed by atoms with van der Waals surface area (Å²) in [6.45, 7) is 5.05. The molecule has 0 aliphatic rings. The molecule has 2 aromatic carbocycles. The lowest BCUT2D eigenvalue weighted by molar-refractivity contribution is 0.0982. The van der Waals surface area contributed by atoms with E-state index in [0.29, 0.717) is 24.6 Å². The van der Waals surface area contributed by atoms with Crippen molar-refractivity contribution in [1.82, 2.24) is 10.2 Å². The highest BCUT2D eigenvalue weighted by Crippen LogP contribution is 2.20. The van der Waals surface area contributed by atoms with Crippen molar-refractivity contribution in [2.24, 2.45) is 0 Å². The van der Waals surface area contributed by atoms with Crippen LogP contribution in [0.4, 0.5) is 11.5 Å². The van der Waals surface area contributed by atoms with Gasteiger partial charge < -0.3 is 15.0 Å². The summed E-state index contributed by atoms with van der Waals surface area (Å²) in [5.41, 5.74) is 3.29. The highest BCUT2D eigenvalue weighted by Gasteiger charge is 2.18. The lowest BCUT2D eigenvalue weighted by Crippen LogP contribution is -2.31. The van der Waals surface area contributed by atoms with Gasteiger partial charge in [0.05, 0.1) is 7.11 Å². The first kappa shape index (κ1) is 19.4. The summed E-state index contributed by atoms with van der Waals surface area (Å²) >= 11 is 0. The molecule has 1 aromatic heterocycles. The second kappa shape index (κ2) is 8.99. The Morgan fingerprint density at radius 1 is 1.07 bits per heavy atom. The van der Waals surface area contributed by atoms with Crippen LogP contribution in [0.2, 0.25) is 0 Å². The number of amides is 1. The normalized spacial score (nSPS) is 10.4. The van der Waals surface area contributed by atoms with Crippen molar-refractivity contribution < 1.29 is 9.53 Å². The molecule has 0 saturated heterocycles. The summed E-state index contributed by atoms with van der Waals surface area (Å²) in [5, 5.41) is 11.5. The van der Waals surface area contributed by atoms with Gasteiger partial charge in [-0.3, -0.25) is 4.79 Å². The summed E-state index contributed by atoms with van der Waals surface area (Å²) in [6.07, 6.45) is 0. The molecule has 0 aliphatic heterocycles. The van der Waals surface area contributed by atoms with E-state index in [0.717, 1.165) is 22.6 Å². The van der Waals surface area contributed by atoms with Crippen LogP contribution in [-0.4, -0.2) is 29.8 Å².